The molecule has 0 atom stereocenters. The fourth-order valence-electron chi connectivity index (χ4n) is 1.49. The van der Waals surface area contributed by atoms with E-state index < -0.39 is 0 Å². The van der Waals surface area contributed by atoms with Crippen LogP contribution in [-0.4, -0.2) is 29.8 Å². The molecule has 0 aliphatic carbocycles. The summed E-state index contributed by atoms with van der Waals surface area (Å²) in [6.07, 6.45) is 1.37. The van der Waals surface area contributed by atoms with Gasteiger partial charge < -0.3 is 5.73 Å². The molecule has 0 radical (unpaired) electrons. The van der Waals surface area contributed by atoms with E-state index >= 15 is 0 Å². The molecular formula is C10H9BrN2O2S. The van der Waals surface area contributed by atoms with Gasteiger partial charge in [-0.2, -0.15) is 0 Å². The number of nitrogens with two attached hydrogens (primary N) is 1. The van der Waals surface area contributed by atoms with Crippen LogP contribution in [0.15, 0.2) is 22.0 Å². The Morgan fingerprint density at radius 3 is 2.69 bits per heavy atom. The molecule has 0 saturated carbocycles. The van der Waals surface area contributed by atoms with Crippen LogP contribution >= 0.6 is 27.3 Å². The third kappa shape index (κ3) is 1.95. The van der Waals surface area contributed by atoms with Crippen molar-refractivity contribution in [2.75, 3.05) is 13.1 Å². The maximum Gasteiger partial charge on any atom is 0.262 e. The first-order chi connectivity index (χ1) is 7.63. The second kappa shape index (κ2) is 4.48. The second-order valence-electron chi connectivity index (χ2n) is 3.25. The van der Waals surface area contributed by atoms with Crippen LogP contribution in [0.4, 0.5) is 0 Å². The van der Waals surface area contributed by atoms with E-state index in [9.17, 15) is 9.59 Å². The summed E-state index contributed by atoms with van der Waals surface area (Å²) in [7, 11) is 0. The molecule has 0 aromatic carbocycles. The highest BCUT2D eigenvalue weighted by Gasteiger charge is 2.31. The standard InChI is InChI=1S/C10H9BrN2O2S/c11-8-2-1-7(16-8)6-5-9(14)13(4-3-12)10(6)15/h1-2,5H,3-4,12H2. The minimum Gasteiger partial charge on any atom is -0.329 e. The average Bonchev–Trinajstić information content (AvgIpc) is 2.77. The molecule has 0 spiro atoms. The zero-order valence-electron chi connectivity index (χ0n) is 8.27. The fraction of sp³-hybridized carbons (Fsp3) is 0.200. The largest absolute Gasteiger partial charge is 0.329 e. The van der Waals surface area contributed by atoms with Crippen molar-refractivity contribution < 1.29 is 9.59 Å². The van der Waals surface area contributed by atoms with Crippen LogP contribution < -0.4 is 5.73 Å². The smallest absolute Gasteiger partial charge is 0.262 e. The molecule has 2 heterocycles. The highest BCUT2D eigenvalue weighted by molar-refractivity contribution is 9.11. The van der Waals surface area contributed by atoms with Gasteiger partial charge in [0.1, 0.15) is 0 Å². The molecule has 0 saturated heterocycles. The molecule has 1 aliphatic heterocycles. The Hall–Kier alpha value is -0.980. The van der Waals surface area contributed by atoms with Gasteiger partial charge in [0.15, 0.2) is 0 Å². The first-order valence-electron chi connectivity index (χ1n) is 4.67. The van der Waals surface area contributed by atoms with Crippen molar-refractivity contribution >= 4 is 44.7 Å². The summed E-state index contributed by atoms with van der Waals surface area (Å²) in [5.41, 5.74) is 5.80. The van der Waals surface area contributed by atoms with E-state index in [4.69, 9.17) is 5.73 Å². The molecule has 1 aliphatic rings. The first kappa shape index (κ1) is 11.5. The summed E-state index contributed by atoms with van der Waals surface area (Å²) >= 11 is 4.75. The zero-order valence-corrected chi connectivity index (χ0v) is 10.7. The van der Waals surface area contributed by atoms with E-state index in [1.807, 2.05) is 12.1 Å². The van der Waals surface area contributed by atoms with Gasteiger partial charge in [-0.25, -0.2) is 0 Å². The van der Waals surface area contributed by atoms with Gasteiger partial charge in [-0.3, -0.25) is 14.5 Å². The molecule has 4 nitrogen and oxygen atoms in total. The number of rotatable bonds is 3. The van der Waals surface area contributed by atoms with Crippen LogP contribution in [-0.2, 0) is 9.59 Å². The van der Waals surface area contributed by atoms with Crippen molar-refractivity contribution in [2.24, 2.45) is 5.73 Å². The van der Waals surface area contributed by atoms with Crippen molar-refractivity contribution in [1.29, 1.82) is 0 Å². The van der Waals surface area contributed by atoms with Gasteiger partial charge in [0.05, 0.1) is 9.36 Å². The summed E-state index contributed by atoms with van der Waals surface area (Å²) < 4.78 is 0.931. The van der Waals surface area contributed by atoms with E-state index in [0.29, 0.717) is 5.57 Å². The number of hydrogen-bond donors (Lipinski definition) is 1. The van der Waals surface area contributed by atoms with Gasteiger partial charge in [0.2, 0.25) is 0 Å². The van der Waals surface area contributed by atoms with E-state index in [0.717, 1.165) is 8.66 Å². The molecule has 16 heavy (non-hydrogen) atoms. The number of carbonyl (C=O) groups is 2. The molecule has 6 heteroatoms. The van der Waals surface area contributed by atoms with Gasteiger partial charge >= 0.3 is 0 Å². The van der Waals surface area contributed by atoms with Gasteiger partial charge in [0.25, 0.3) is 11.8 Å². The lowest BCUT2D eigenvalue weighted by molar-refractivity contribution is -0.136. The minimum absolute atomic E-state index is 0.259. The van der Waals surface area contributed by atoms with Crippen LogP contribution in [0.3, 0.4) is 0 Å². The van der Waals surface area contributed by atoms with Crippen molar-refractivity contribution in [1.82, 2.24) is 4.90 Å². The Balaban J connectivity index is 2.28. The van der Waals surface area contributed by atoms with Gasteiger partial charge in [0, 0.05) is 24.0 Å². The molecule has 0 fully saturated rings. The fourth-order valence-corrected chi connectivity index (χ4v) is 2.88. The normalized spacial score (nSPS) is 15.9. The van der Waals surface area contributed by atoms with Crippen LogP contribution in [0.5, 0.6) is 0 Å². The van der Waals surface area contributed by atoms with Crippen LogP contribution in [0.2, 0.25) is 0 Å². The van der Waals surface area contributed by atoms with Crippen molar-refractivity contribution in [2.45, 2.75) is 0 Å². The topological polar surface area (TPSA) is 63.4 Å². The number of imide groups is 1. The predicted molar refractivity (Wildman–Crippen MR) is 65.8 cm³/mol. The molecule has 0 unspecified atom stereocenters. The zero-order chi connectivity index (χ0) is 11.7. The van der Waals surface area contributed by atoms with E-state index in [1.54, 1.807) is 0 Å². The third-order valence-electron chi connectivity index (χ3n) is 2.20. The number of thiophene rings is 1. The highest BCUT2D eigenvalue weighted by atomic mass is 79.9. The van der Waals surface area contributed by atoms with Crippen LogP contribution in [0.1, 0.15) is 4.88 Å². The molecule has 0 bridgehead atoms. The van der Waals surface area contributed by atoms with E-state index in [1.165, 1.54) is 22.3 Å². The Bertz CT molecular complexity index is 481. The number of amides is 2. The number of halogens is 1. The molecular weight excluding hydrogens is 292 g/mol. The minimum atomic E-state index is -0.282. The lowest BCUT2D eigenvalue weighted by Gasteiger charge is -2.12. The van der Waals surface area contributed by atoms with Crippen molar-refractivity contribution in [3.8, 4) is 0 Å². The van der Waals surface area contributed by atoms with Crippen LogP contribution in [0, 0.1) is 0 Å². The maximum absolute atomic E-state index is 11.9. The number of nitrogens with zero attached hydrogens (tertiary/aromatic N) is 1. The summed E-state index contributed by atoms with van der Waals surface area (Å²) in [5.74, 6) is -0.542. The second-order valence-corrected chi connectivity index (χ2v) is 5.71. The Morgan fingerprint density at radius 1 is 1.38 bits per heavy atom. The van der Waals surface area contributed by atoms with Gasteiger partial charge in [-0.15, -0.1) is 11.3 Å². The van der Waals surface area contributed by atoms with E-state index in [2.05, 4.69) is 15.9 Å². The Morgan fingerprint density at radius 2 is 2.12 bits per heavy atom. The average molecular weight is 301 g/mol. The monoisotopic (exact) mass is 300 g/mol. The molecule has 2 N–H and O–H groups in total. The first-order valence-corrected chi connectivity index (χ1v) is 6.27. The van der Waals surface area contributed by atoms with Gasteiger partial charge in [-0.05, 0) is 28.1 Å². The number of carbonyl (C=O) groups excluding carboxylic acids is 2. The molecule has 2 rings (SSSR count). The number of hydrogen-bond acceptors (Lipinski definition) is 4. The van der Waals surface area contributed by atoms with Crippen molar-refractivity contribution in [3.05, 3.63) is 26.9 Å². The predicted octanol–water partition coefficient (Wildman–Crippen LogP) is 1.22. The van der Waals surface area contributed by atoms with Crippen LogP contribution in [0.25, 0.3) is 5.57 Å². The van der Waals surface area contributed by atoms with Crippen molar-refractivity contribution in [3.63, 3.8) is 0 Å². The van der Waals surface area contributed by atoms with E-state index in [-0.39, 0.29) is 24.9 Å². The molecule has 84 valence electrons. The Labute approximate surface area is 105 Å². The lowest BCUT2D eigenvalue weighted by atomic mass is 10.2. The quantitative estimate of drug-likeness (QED) is 0.854. The SMILES string of the molecule is NCCN1C(=O)C=C(c2ccc(Br)s2)C1=O. The maximum atomic E-state index is 11.9. The summed E-state index contributed by atoms with van der Waals surface area (Å²) in [6, 6.07) is 3.67. The Kier molecular flexibility index (Phi) is 3.22. The third-order valence-corrected chi connectivity index (χ3v) is 3.86. The summed E-state index contributed by atoms with van der Waals surface area (Å²) in [6.45, 7) is 0.553. The lowest BCUT2D eigenvalue weighted by Crippen LogP contribution is -2.35. The van der Waals surface area contributed by atoms with Gasteiger partial charge in [-0.1, -0.05) is 0 Å². The molecule has 1 aromatic heterocycles. The molecule has 2 amide bonds. The highest BCUT2D eigenvalue weighted by Crippen LogP contribution is 2.31. The summed E-state index contributed by atoms with van der Waals surface area (Å²) in [4.78, 5) is 25.4. The summed E-state index contributed by atoms with van der Waals surface area (Å²) in [5, 5.41) is 0. The molecule has 1 aromatic rings.